The lowest BCUT2D eigenvalue weighted by Gasteiger charge is -2.33. The van der Waals surface area contributed by atoms with Gasteiger partial charge in [0.05, 0.1) is 22.5 Å². The number of nitrogens with zero attached hydrogens (tertiary/aromatic N) is 4. The second kappa shape index (κ2) is 10.1. The normalized spacial score (nSPS) is 18.7. The zero-order valence-corrected chi connectivity index (χ0v) is 21.0. The number of carbonyl (C=O) groups excluding carboxylic acids is 1. The Morgan fingerprint density at radius 3 is 2.43 bits per heavy atom. The van der Waals surface area contributed by atoms with Gasteiger partial charge in [-0.05, 0) is 43.2 Å². The summed E-state index contributed by atoms with van der Waals surface area (Å²) < 4.78 is 29.4. The van der Waals surface area contributed by atoms with Gasteiger partial charge in [-0.3, -0.25) is 9.69 Å². The van der Waals surface area contributed by atoms with Crippen molar-refractivity contribution < 1.29 is 13.2 Å². The maximum absolute atomic E-state index is 12.9. The predicted molar refractivity (Wildman–Crippen MR) is 136 cm³/mol. The summed E-state index contributed by atoms with van der Waals surface area (Å²) in [6, 6.07) is 14.5. The largest absolute Gasteiger partial charge is 0.330 e. The smallest absolute Gasteiger partial charge is 0.243 e. The molecule has 0 bridgehead atoms. The zero-order valence-electron chi connectivity index (χ0n) is 20.2. The number of aryl methyl sites for hydroxylation is 1. The lowest BCUT2D eigenvalue weighted by Crippen LogP contribution is -2.48. The highest BCUT2D eigenvalue weighted by molar-refractivity contribution is 7.89. The van der Waals surface area contributed by atoms with Crippen LogP contribution in [0, 0.1) is 5.92 Å². The number of benzene rings is 2. The van der Waals surface area contributed by atoms with E-state index < -0.39 is 10.0 Å². The van der Waals surface area contributed by atoms with Crippen LogP contribution >= 0.6 is 0 Å². The first-order chi connectivity index (χ1) is 16.9. The molecule has 1 saturated heterocycles. The maximum atomic E-state index is 12.9. The maximum Gasteiger partial charge on any atom is 0.243 e. The predicted octanol–water partition coefficient (Wildman–Crippen LogP) is 3.60. The van der Waals surface area contributed by atoms with Crippen molar-refractivity contribution in [3.63, 3.8) is 0 Å². The lowest BCUT2D eigenvalue weighted by atomic mass is 9.88. The molecule has 8 nitrogen and oxygen atoms in total. The van der Waals surface area contributed by atoms with E-state index in [1.807, 2.05) is 31.3 Å². The van der Waals surface area contributed by atoms with E-state index in [4.69, 9.17) is 4.98 Å². The van der Waals surface area contributed by atoms with Crippen molar-refractivity contribution in [3.8, 4) is 0 Å². The fourth-order valence-corrected chi connectivity index (χ4v) is 6.59. The van der Waals surface area contributed by atoms with Crippen LogP contribution in [0.4, 0.5) is 5.69 Å². The fourth-order valence-electron chi connectivity index (χ4n) is 5.15. The summed E-state index contributed by atoms with van der Waals surface area (Å²) >= 11 is 0. The summed E-state index contributed by atoms with van der Waals surface area (Å²) in [5.74, 6) is 1.15. The minimum atomic E-state index is -3.46. The molecule has 1 saturated carbocycles. The van der Waals surface area contributed by atoms with Gasteiger partial charge in [0.1, 0.15) is 5.82 Å². The molecule has 2 aromatic carbocycles. The Kier molecular flexibility index (Phi) is 6.91. The van der Waals surface area contributed by atoms with Crippen molar-refractivity contribution >= 4 is 32.7 Å². The fraction of sp³-hybridized carbons (Fsp3) is 0.462. The number of sulfonamides is 1. The van der Waals surface area contributed by atoms with E-state index >= 15 is 0 Å². The molecular weight excluding hydrogens is 462 g/mol. The van der Waals surface area contributed by atoms with Crippen molar-refractivity contribution in [2.75, 3.05) is 31.5 Å². The van der Waals surface area contributed by atoms with Crippen LogP contribution in [0.25, 0.3) is 11.0 Å². The first kappa shape index (κ1) is 24.0. The monoisotopic (exact) mass is 495 g/mol. The molecule has 0 unspecified atom stereocenters. The number of anilines is 1. The Morgan fingerprint density at radius 1 is 1.00 bits per heavy atom. The Balaban J connectivity index is 1.23. The molecule has 35 heavy (non-hydrogen) atoms. The van der Waals surface area contributed by atoms with E-state index in [0.29, 0.717) is 37.6 Å². The highest BCUT2D eigenvalue weighted by Gasteiger charge is 2.29. The van der Waals surface area contributed by atoms with Gasteiger partial charge in [-0.25, -0.2) is 13.4 Å². The highest BCUT2D eigenvalue weighted by Crippen LogP contribution is 2.26. The number of imidazole rings is 1. The topological polar surface area (TPSA) is 87.5 Å². The van der Waals surface area contributed by atoms with Crippen LogP contribution in [0.5, 0.6) is 0 Å². The van der Waals surface area contributed by atoms with Crippen LogP contribution in [0.3, 0.4) is 0 Å². The van der Waals surface area contributed by atoms with Crippen LogP contribution in [0.1, 0.15) is 37.9 Å². The first-order valence-electron chi connectivity index (χ1n) is 12.5. The molecular formula is C26H33N5O3S. The molecule has 9 heteroatoms. The molecule has 2 fully saturated rings. The second-order valence-electron chi connectivity index (χ2n) is 9.61. The van der Waals surface area contributed by atoms with E-state index in [-0.39, 0.29) is 11.8 Å². The van der Waals surface area contributed by atoms with Crippen LogP contribution in [-0.2, 0) is 28.4 Å². The third-order valence-electron chi connectivity index (χ3n) is 7.29. The van der Waals surface area contributed by atoms with Gasteiger partial charge < -0.3 is 9.88 Å². The molecule has 1 amide bonds. The van der Waals surface area contributed by atoms with Crippen LogP contribution in [0.2, 0.25) is 0 Å². The van der Waals surface area contributed by atoms with Crippen LogP contribution in [-0.4, -0.2) is 59.3 Å². The van der Waals surface area contributed by atoms with Gasteiger partial charge in [0.15, 0.2) is 0 Å². The van der Waals surface area contributed by atoms with Crippen LogP contribution < -0.4 is 5.32 Å². The Labute approximate surface area is 207 Å². The molecule has 0 radical (unpaired) electrons. The zero-order chi connectivity index (χ0) is 24.4. The quantitative estimate of drug-likeness (QED) is 0.565. The number of hydrogen-bond donors (Lipinski definition) is 1. The van der Waals surface area contributed by atoms with Gasteiger partial charge in [0.2, 0.25) is 15.9 Å². The second-order valence-corrected chi connectivity index (χ2v) is 11.5. The summed E-state index contributed by atoms with van der Waals surface area (Å²) in [6.45, 7) is 2.86. The summed E-state index contributed by atoms with van der Waals surface area (Å²) in [7, 11) is -1.46. The van der Waals surface area contributed by atoms with Gasteiger partial charge in [0.25, 0.3) is 0 Å². The van der Waals surface area contributed by atoms with Gasteiger partial charge >= 0.3 is 0 Å². The molecule has 3 aromatic rings. The summed E-state index contributed by atoms with van der Waals surface area (Å²) in [4.78, 5) is 20.1. The molecule has 1 aliphatic carbocycles. The average molecular weight is 496 g/mol. The number of fused-ring (bicyclic) bond motifs is 1. The van der Waals surface area contributed by atoms with E-state index in [2.05, 4.69) is 14.8 Å². The number of aromatic nitrogens is 2. The molecule has 5 rings (SSSR count). The van der Waals surface area contributed by atoms with E-state index in [0.717, 1.165) is 48.2 Å². The molecule has 1 aliphatic heterocycles. The first-order valence-corrected chi connectivity index (χ1v) is 13.9. The van der Waals surface area contributed by atoms with Crippen molar-refractivity contribution in [1.82, 2.24) is 18.8 Å². The Bertz CT molecular complexity index is 1290. The Hall–Kier alpha value is -2.75. The van der Waals surface area contributed by atoms with Gasteiger partial charge in [0, 0.05) is 44.8 Å². The molecule has 2 aliphatic rings. The molecule has 2 heterocycles. The van der Waals surface area contributed by atoms with Crippen molar-refractivity contribution in [3.05, 3.63) is 54.4 Å². The molecule has 1 N–H and O–H groups in total. The number of nitrogens with one attached hydrogen (secondary N) is 1. The summed E-state index contributed by atoms with van der Waals surface area (Å²) in [6.07, 6.45) is 5.44. The molecule has 0 spiro atoms. The van der Waals surface area contributed by atoms with Crippen molar-refractivity contribution in [2.45, 2.75) is 43.5 Å². The highest BCUT2D eigenvalue weighted by atomic mass is 32.2. The number of amides is 1. The summed E-state index contributed by atoms with van der Waals surface area (Å²) in [5, 5.41) is 3.09. The minimum Gasteiger partial charge on any atom is -0.330 e. The number of hydrogen-bond acceptors (Lipinski definition) is 5. The standard InChI is InChI=1S/C26H33N5O3S/c1-29-24-13-12-21(27-26(32)20-8-4-2-5-9-20)18-23(24)28-25(29)19-30-14-16-31(17-15-30)35(33,34)22-10-6-3-7-11-22/h3,6-7,10-13,18,20H,2,4-5,8-9,14-17,19H2,1H3,(H,27,32). The SMILES string of the molecule is Cn1c(CN2CCN(S(=O)(=O)c3ccccc3)CC2)nc2cc(NC(=O)C3CCCCC3)ccc21. The average Bonchev–Trinajstić information content (AvgIpc) is 3.19. The van der Waals surface area contributed by atoms with E-state index in [1.165, 1.54) is 6.42 Å². The third kappa shape index (κ3) is 5.12. The van der Waals surface area contributed by atoms with Crippen LogP contribution in [0.15, 0.2) is 53.4 Å². The van der Waals surface area contributed by atoms with Crippen molar-refractivity contribution in [2.24, 2.45) is 13.0 Å². The van der Waals surface area contributed by atoms with Gasteiger partial charge in [-0.2, -0.15) is 4.31 Å². The minimum absolute atomic E-state index is 0.114. The van der Waals surface area contributed by atoms with E-state index in [9.17, 15) is 13.2 Å². The van der Waals surface area contributed by atoms with Gasteiger partial charge in [-0.1, -0.05) is 37.5 Å². The lowest BCUT2D eigenvalue weighted by molar-refractivity contribution is -0.120. The van der Waals surface area contributed by atoms with Crippen molar-refractivity contribution in [1.29, 1.82) is 0 Å². The number of piperazine rings is 1. The molecule has 1 aromatic heterocycles. The third-order valence-corrected chi connectivity index (χ3v) is 9.21. The molecule has 186 valence electrons. The Morgan fingerprint density at radius 2 is 1.71 bits per heavy atom. The molecule has 0 atom stereocenters. The number of rotatable bonds is 6. The van der Waals surface area contributed by atoms with Gasteiger partial charge in [-0.15, -0.1) is 0 Å². The van der Waals surface area contributed by atoms with E-state index in [1.54, 1.807) is 28.6 Å². The summed E-state index contributed by atoms with van der Waals surface area (Å²) in [5.41, 5.74) is 2.66. The number of carbonyl (C=O) groups is 1.